The maximum Gasteiger partial charge on any atom is 0.0101 e. The summed E-state index contributed by atoms with van der Waals surface area (Å²) < 4.78 is 0. The Balaban J connectivity index is 4.97. The normalized spacial score (nSPS) is 13.1. The highest BCUT2D eigenvalue weighted by atomic mass is 15.3. The molecule has 0 bridgehead atoms. The molecule has 0 radical (unpaired) electrons. The zero-order valence-electron chi connectivity index (χ0n) is 12.2. The van der Waals surface area contributed by atoms with Gasteiger partial charge in [-0.3, -0.25) is 0 Å². The van der Waals surface area contributed by atoms with Crippen LogP contribution in [0.1, 0.15) is 55.4 Å². The molecular formula is C13H28N3-. The summed E-state index contributed by atoms with van der Waals surface area (Å²) in [5.41, 5.74) is 0. The highest BCUT2D eigenvalue weighted by Gasteiger charge is 2.11. The lowest BCUT2D eigenvalue weighted by atomic mass is 10.2. The van der Waals surface area contributed by atoms with Gasteiger partial charge in [0.25, 0.3) is 0 Å². The van der Waals surface area contributed by atoms with Crippen molar-refractivity contribution in [1.82, 2.24) is 4.90 Å². The van der Waals surface area contributed by atoms with Crippen molar-refractivity contribution in [1.29, 1.82) is 0 Å². The van der Waals surface area contributed by atoms with Gasteiger partial charge in [0.1, 0.15) is 0 Å². The summed E-state index contributed by atoms with van der Waals surface area (Å²) in [5, 5.41) is 4.64. The Hall–Kier alpha value is -0.730. The van der Waals surface area contributed by atoms with Gasteiger partial charge in [-0.15, -0.1) is 0 Å². The fraction of sp³-hybridized carbons (Fsp3) is 0.923. The molecule has 96 valence electrons. The van der Waals surface area contributed by atoms with Crippen molar-refractivity contribution < 1.29 is 0 Å². The van der Waals surface area contributed by atoms with E-state index in [2.05, 4.69) is 70.6 Å². The first-order valence-electron chi connectivity index (χ1n) is 6.32. The van der Waals surface area contributed by atoms with Gasteiger partial charge in [-0.25, -0.2) is 0 Å². The molecule has 0 aromatic heterocycles. The first-order chi connectivity index (χ1) is 7.25. The number of hydrogen-bond acceptors (Lipinski definition) is 1. The number of guanidine groups is 1. The first kappa shape index (κ1) is 15.3. The molecule has 0 saturated carbocycles. The van der Waals surface area contributed by atoms with E-state index >= 15 is 0 Å². The zero-order chi connectivity index (χ0) is 12.9. The Morgan fingerprint density at radius 2 is 1.31 bits per heavy atom. The van der Waals surface area contributed by atoms with E-state index in [0.717, 1.165) is 5.96 Å². The molecule has 0 heterocycles. The van der Waals surface area contributed by atoms with Gasteiger partial charge in [-0.1, -0.05) is 55.4 Å². The summed E-state index contributed by atoms with van der Waals surface area (Å²) in [6.45, 7) is 17.1. The standard InChI is InChI=1S/C13H28N3/c1-9(2)14-13(15-10(3)4)16(11(5)6)12(7)8/h9-12H,1-8H3/q-1. The van der Waals surface area contributed by atoms with Crippen molar-refractivity contribution in [2.45, 2.75) is 79.6 Å². The predicted octanol–water partition coefficient (Wildman–Crippen LogP) is 3.65. The maximum absolute atomic E-state index is 4.64. The van der Waals surface area contributed by atoms with Crippen molar-refractivity contribution in [2.75, 3.05) is 0 Å². The molecule has 3 nitrogen and oxygen atoms in total. The Kier molecular flexibility index (Phi) is 6.46. The van der Waals surface area contributed by atoms with E-state index in [4.69, 9.17) is 0 Å². The van der Waals surface area contributed by atoms with Crippen LogP contribution in [0.2, 0.25) is 0 Å². The van der Waals surface area contributed by atoms with Gasteiger partial charge >= 0.3 is 0 Å². The molecule has 0 amide bonds. The van der Waals surface area contributed by atoms with E-state index in [9.17, 15) is 0 Å². The fourth-order valence-electron chi connectivity index (χ4n) is 1.69. The maximum atomic E-state index is 4.64. The van der Waals surface area contributed by atoms with E-state index in [1.54, 1.807) is 0 Å². The molecule has 0 aromatic rings. The summed E-state index contributed by atoms with van der Waals surface area (Å²) in [6, 6.07) is 1.44. The van der Waals surface area contributed by atoms with Gasteiger partial charge < -0.3 is 15.2 Å². The molecule has 0 fully saturated rings. The monoisotopic (exact) mass is 226 g/mol. The second-order valence-corrected chi connectivity index (χ2v) is 5.34. The Morgan fingerprint density at radius 1 is 0.875 bits per heavy atom. The Morgan fingerprint density at radius 3 is 1.56 bits per heavy atom. The van der Waals surface area contributed by atoms with Gasteiger partial charge in [0.15, 0.2) is 0 Å². The molecule has 0 aliphatic heterocycles. The number of hydrogen-bond donors (Lipinski definition) is 0. The molecule has 0 aliphatic carbocycles. The van der Waals surface area contributed by atoms with Crippen LogP contribution < -0.4 is 0 Å². The minimum absolute atomic E-state index is 0.289. The van der Waals surface area contributed by atoms with Crippen molar-refractivity contribution in [3.63, 3.8) is 0 Å². The molecule has 0 aliphatic rings. The molecule has 0 atom stereocenters. The lowest BCUT2D eigenvalue weighted by Gasteiger charge is -2.43. The SMILES string of the molecule is CC(C)N=C([N-]C(C)C)N(C(C)C)C(C)C. The molecular weight excluding hydrogens is 198 g/mol. The summed E-state index contributed by atoms with van der Waals surface area (Å²) in [7, 11) is 0. The van der Waals surface area contributed by atoms with E-state index in [1.165, 1.54) is 0 Å². The lowest BCUT2D eigenvalue weighted by Crippen LogP contribution is -2.42. The molecule has 0 aromatic carbocycles. The van der Waals surface area contributed by atoms with E-state index in [1.807, 2.05) is 0 Å². The quantitative estimate of drug-likeness (QED) is 0.531. The minimum Gasteiger partial charge on any atom is -0.421 e. The third-order valence-corrected chi connectivity index (χ3v) is 2.09. The van der Waals surface area contributed by atoms with Gasteiger partial charge in [-0.2, -0.15) is 0 Å². The van der Waals surface area contributed by atoms with Crippen LogP contribution in [0, 0.1) is 0 Å². The first-order valence-corrected chi connectivity index (χ1v) is 6.32. The van der Waals surface area contributed by atoms with Crippen LogP contribution in [0.5, 0.6) is 0 Å². The largest absolute Gasteiger partial charge is 0.421 e. The van der Waals surface area contributed by atoms with Crippen LogP contribution in [-0.2, 0) is 0 Å². The molecule has 0 saturated heterocycles. The highest BCUT2D eigenvalue weighted by Crippen LogP contribution is 2.14. The average molecular weight is 226 g/mol. The van der Waals surface area contributed by atoms with Crippen molar-refractivity contribution in [2.24, 2.45) is 4.99 Å². The second-order valence-electron chi connectivity index (χ2n) is 5.34. The van der Waals surface area contributed by atoms with E-state index in [0.29, 0.717) is 12.1 Å². The van der Waals surface area contributed by atoms with Gasteiger partial charge in [0.2, 0.25) is 0 Å². The van der Waals surface area contributed by atoms with E-state index < -0.39 is 0 Å². The van der Waals surface area contributed by atoms with Crippen molar-refractivity contribution >= 4 is 5.96 Å². The molecule has 0 rings (SSSR count). The smallest absolute Gasteiger partial charge is 0.0101 e. The zero-order valence-corrected chi connectivity index (χ0v) is 12.2. The van der Waals surface area contributed by atoms with Crippen LogP contribution in [0.3, 0.4) is 0 Å². The summed E-state index contributed by atoms with van der Waals surface area (Å²) in [5.74, 6) is 0.898. The van der Waals surface area contributed by atoms with E-state index in [-0.39, 0.29) is 12.1 Å². The summed E-state index contributed by atoms with van der Waals surface area (Å²) in [6.07, 6.45) is 0. The molecule has 0 spiro atoms. The Labute approximate surface area is 101 Å². The third-order valence-electron chi connectivity index (χ3n) is 2.09. The number of rotatable bonds is 4. The number of nitrogens with zero attached hydrogens (tertiary/aromatic N) is 3. The lowest BCUT2D eigenvalue weighted by molar-refractivity contribution is 0.290. The van der Waals surface area contributed by atoms with Crippen LogP contribution in [0.15, 0.2) is 4.99 Å². The molecule has 3 heteroatoms. The molecule has 0 N–H and O–H groups in total. The van der Waals surface area contributed by atoms with Gasteiger partial charge in [-0.05, 0) is 24.2 Å². The van der Waals surface area contributed by atoms with Gasteiger partial charge in [0, 0.05) is 5.96 Å². The van der Waals surface area contributed by atoms with Crippen LogP contribution >= 0.6 is 0 Å². The van der Waals surface area contributed by atoms with Crippen LogP contribution in [0.25, 0.3) is 5.32 Å². The third kappa shape index (κ3) is 5.38. The summed E-state index contributed by atoms with van der Waals surface area (Å²) >= 11 is 0. The second kappa shape index (κ2) is 6.77. The van der Waals surface area contributed by atoms with Crippen LogP contribution in [0.4, 0.5) is 0 Å². The van der Waals surface area contributed by atoms with Crippen LogP contribution in [-0.4, -0.2) is 35.0 Å². The fourth-order valence-corrected chi connectivity index (χ4v) is 1.69. The van der Waals surface area contributed by atoms with Crippen molar-refractivity contribution in [3.8, 4) is 0 Å². The minimum atomic E-state index is 0.289. The Bertz CT molecular complexity index is 209. The number of aliphatic imine (C=N–C) groups is 1. The highest BCUT2D eigenvalue weighted by molar-refractivity contribution is 5.93. The average Bonchev–Trinajstić information content (AvgIpc) is 1.98. The summed E-state index contributed by atoms with van der Waals surface area (Å²) in [4.78, 5) is 6.91. The topological polar surface area (TPSA) is 29.7 Å². The van der Waals surface area contributed by atoms with Crippen molar-refractivity contribution in [3.05, 3.63) is 5.32 Å². The molecule has 16 heavy (non-hydrogen) atoms. The predicted molar refractivity (Wildman–Crippen MR) is 73.2 cm³/mol. The van der Waals surface area contributed by atoms with Gasteiger partial charge in [0.05, 0.1) is 0 Å². The molecule has 0 unspecified atom stereocenters.